The SMILES string of the molecule is CCCCC(CCC)C(C)CCCc1ccccn1. The maximum atomic E-state index is 4.41. The van der Waals surface area contributed by atoms with Crippen molar-refractivity contribution in [2.45, 2.75) is 72.1 Å². The van der Waals surface area contributed by atoms with Gasteiger partial charge in [0.25, 0.3) is 0 Å². The third-order valence-electron chi connectivity index (χ3n) is 4.21. The first-order chi connectivity index (χ1) is 9.27. The van der Waals surface area contributed by atoms with E-state index in [0.29, 0.717) is 0 Å². The predicted molar refractivity (Wildman–Crippen MR) is 84.3 cm³/mol. The highest BCUT2D eigenvalue weighted by Crippen LogP contribution is 2.27. The molecule has 0 radical (unpaired) electrons. The van der Waals surface area contributed by atoms with Crippen molar-refractivity contribution in [3.05, 3.63) is 30.1 Å². The number of hydrogen-bond acceptors (Lipinski definition) is 1. The molecule has 0 bridgehead atoms. The molecule has 0 aromatic carbocycles. The van der Waals surface area contributed by atoms with Crippen LogP contribution in [0.15, 0.2) is 24.4 Å². The Labute approximate surface area is 119 Å². The topological polar surface area (TPSA) is 12.9 Å². The van der Waals surface area contributed by atoms with Gasteiger partial charge in [-0.15, -0.1) is 0 Å². The highest BCUT2D eigenvalue weighted by Gasteiger charge is 2.15. The summed E-state index contributed by atoms with van der Waals surface area (Å²) in [6.07, 6.45) is 12.6. The van der Waals surface area contributed by atoms with Gasteiger partial charge in [-0.1, -0.05) is 65.4 Å². The number of aromatic nitrogens is 1. The van der Waals surface area contributed by atoms with E-state index in [0.717, 1.165) is 18.3 Å². The Morgan fingerprint density at radius 1 is 1.00 bits per heavy atom. The molecule has 1 rings (SSSR count). The fourth-order valence-electron chi connectivity index (χ4n) is 2.94. The van der Waals surface area contributed by atoms with Gasteiger partial charge in [0.15, 0.2) is 0 Å². The number of aryl methyl sites for hydroxylation is 1. The summed E-state index contributed by atoms with van der Waals surface area (Å²) in [7, 11) is 0. The van der Waals surface area contributed by atoms with Gasteiger partial charge in [-0.25, -0.2) is 0 Å². The normalized spacial score (nSPS) is 14.3. The Balaban J connectivity index is 2.28. The van der Waals surface area contributed by atoms with Gasteiger partial charge in [0.2, 0.25) is 0 Å². The van der Waals surface area contributed by atoms with Crippen LogP contribution < -0.4 is 0 Å². The van der Waals surface area contributed by atoms with E-state index in [4.69, 9.17) is 0 Å². The minimum absolute atomic E-state index is 0.871. The summed E-state index contributed by atoms with van der Waals surface area (Å²) in [6, 6.07) is 6.23. The van der Waals surface area contributed by atoms with E-state index in [1.807, 2.05) is 12.3 Å². The van der Waals surface area contributed by atoms with Crippen molar-refractivity contribution in [1.82, 2.24) is 4.98 Å². The summed E-state index contributed by atoms with van der Waals surface area (Å²) in [5, 5.41) is 0. The zero-order valence-corrected chi connectivity index (χ0v) is 13.1. The van der Waals surface area contributed by atoms with E-state index in [-0.39, 0.29) is 0 Å². The molecule has 1 aromatic rings. The first kappa shape index (κ1) is 16.2. The molecule has 19 heavy (non-hydrogen) atoms. The van der Waals surface area contributed by atoms with Crippen LogP contribution in [0.1, 0.15) is 71.4 Å². The summed E-state index contributed by atoms with van der Waals surface area (Å²) in [5.74, 6) is 1.81. The number of pyridine rings is 1. The van der Waals surface area contributed by atoms with E-state index in [2.05, 4.69) is 37.9 Å². The Hall–Kier alpha value is -0.850. The summed E-state index contributed by atoms with van der Waals surface area (Å²) in [5.41, 5.74) is 1.25. The Morgan fingerprint density at radius 2 is 1.84 bits per heavy atom. The van der Waals surface area contributed by atoms with Crippen LogP contribution in [0.25, 0.3) is 0 Å². The molecule has 2 atom stereocenters. The molecule has 0 fully saturated rings. The Bertz CT molecular complexity index is 307. The zero-order valence-electron chi connectivity index (χ0n) is 13.1. The third-order valence-corrected chi connectivity index (χ3v) is 4.21. The highest BCUT2D eigenvalue weighted by molar-refractivity contribution is 5.03. The number of nitrogens with zero attached hydrogens (tertiary/aromatic N) is 1. The fourth-order valence-corrected chi connectivity index (χ4v) is 2.94. The van der Waals surface area contributed by atoms with Gasteiger partial charge in [0.1, 0.15) is 0 Å². The van der Waals surface area contributed by atoms with Crippen molar-refractivity contribution in [2.75, 3.05) is 0 Å². The Kier molecular flexibility index (Phi) is 8.53. The van der Waals surface area contributed by atoms with Gasteiger partial charge in [-0.2, -0.15) is 0 Å². The number of rotatable bonds is 10. The van der Waals surface area contributed by atoms with Crippen molar-refractivity contribution in [1.29, 1.82) is 0 Å². The number of unbranched alkanes of at least 4 members (excludes halogenated alkanes) is 1. The quantitative estimate of drug-likeness (QED) is 0.530. The molecule has 0 saturated heterocycles. The lowest BCUT2D eigenvalue weighted by molar-refractivity contribution is 0.285. The first-order valence-corrected chi connectivity index (χ1v) is 8.17. The van der Waals surface area contributed by atoms with Gasteiger partial charge in [-0.05, 0) is 36.8 Å². The summed E-state index contributed by atoms with van der Waals surface area (Å²) >= 11 is 0. The van der Waals surface area contributed by atoms with Crippen molar-refractivity contribution in [3.8, 4) is 0 Å². The molecule has 1 nitrogen and oxygen atoms in total. The molecular weight excluding hydrogens is 230 g/mol. The van der Waals surface area contributed by atoms with Crippen LogP contribution in [-0.4, -0.2) is 4.98 Å². The van der Waals surface area contributed by atoms with E-state index >= 15 is 0 Å². The second-order valence-corrected chi connectivity index (χ2v) is 5.88. The van der Waals surface area contributed by atoms with Crippen molar-refractivity contribution in [3.63, 3.8) is 0 Å². The molecule has 0 aliphatic rings. The monoisotopic (exact) mass is 261 g/mol. The third kappa shape index (κ3) is 6.75. The molecular formula is C18H31N. The van der Waals surface area contributed by atoms with Gasteiger partial charge in [-0.3, -0.25) is 4.98 Å². The molecule has 2 unspecified atom stereocenters. The smallest absolute Gasteiger partial charge is 0.0403 e. The van der Waals surface area contributed by atoms with Gasteiger partial charge < -0.3 is 0 Å². The van der Waals surface area contributed by atoms with Crippen LogP contribution in [0, 0.1) is 11.8 Å². The van der Waals surface area contributed by atoms with E-state index in [1.54, 1.807) is 0 Å². The van der Waals surface area contributed by atoms with Crippen molar-refractivity contribution >= 4 is 0 Å². The van der Waals surface area contributed by atoms with Crippen molar-refractivity contribution in [2.24, 2.45) is 11.8 Å². The lowest BCUT2D eigenvalue weighted by Gasteiger charge is -2.23. The number of hydrogen-bond donors (Lipinski definition) is 0. The Morgan fingerprint density at radius 3 is 2.47 bits per heavy atom. The average molecular weight is 261 g/mol. The highest BCUT2D eigenvalue weighted by atomic mass is 14.7. The fraction of sp³-hybridized carbons (Fsp3) is 0.722. The molecule has 1 aromatic heterocycles. The second kappa shape index (κ2) is 10.00. The van der Waals surface area contributed by atoms with E-state index < -0.39 is 0 Å². The molecule has 0 aliphatic carbocycles. The van der Waals surface area contributed by atoms with Crippen LogP contribution in [0.3, 0.4) is 0 Å². The van der Waals surface area contributed by atoms with Gasteiger partial charge in [0.05, 0.1) is 0 Å². The molecule has 1 heterocycles. The minimum Gasteiger partial charge on any atom is -0.261 e. The van der Waals surface area contributed by atoms with Crippen LogP contribution in [-0.2, 0) is 6.42 Å². The van der Waals surface area contributed by atoms with Gasteiger partial charge in [0, 0.05) is 11.9 Å². The molecule has 0 N–H and O–H groups in total. The standard InChI is InChI=1S/C18H31N/c1-4-6-12-17(10-5-2)16(3)11-9-14-18-13-7-8-15-19-18/h7-8,13,15-17H,4-6,9-12,14H2,1-3H3. The molecule has 0 saturated carbocycles. The van der Waals surface area contributed by atoms with Crippen molar-refractivity contribution < 1.29 is 0 Å². The first-order valence-electron chi connectivity index (χ1n) is 8.17. The zero-order chi connectivity index (χ0) is 13.9. The van der Waals surface area contributed by atoms with Crippen LogP contribution in [0.5, 0.6) is 0 Å². The summed E-state index contributed by atoms with van der Waals surface area (Å²) < 4.78 is 0. The van der Waals surface area contributed by atoms with Crippen LogP contribution in [0.2, 0.25) is 0 Å². The van der Waals surface area contributed by atoms with Crippen LogP contribution in [0.4, 0.5) is 0 Å². The van der Waals surface area contributed by atoms with Gasteiger partial charge >= 0.3 is 0 Å². The lowest BCUT2D eigenvalue weighted by atomic mass is 9.83. The average Bonchev–Trinajstić information content (AvgIpc) is 2.44. The summed E-state index contributed by atoms with van der Waals surface area (Å²) in [4.78, 5) is 4.41. The molecule has 0 spiro atoms. The maximum absolute atomic E-state index is 4.41. The molecule has 0 amide bonds. The van der Waals surface area contributed by atoms with E-state index in [9.17, 15) is 0 Å². The van der Waals surface area contributed by atoms with Crippen LogP contribution >= 0.6 is 0 Å². The minimum atomic E-state index is 0.871. The second-order valence-electron chi connectivity index (χ2n) is 5.88. The molecule has 108 valence electrons. The van der Waals surface area contributed by atoms with E-state index in [1.165, 1.54) is 50.6 Å². The summed E-state index contributed by atoms with van der Waals surface area (Å²) in [6.45, 7) is 7.07. The predicted octanol–water partition coefficient (Wildman–Crippen LogP) is 5.65. The molecule has 1 heteroatoms. The largest absolute Gasteiger partial charge is 0.261 e. The molecule has 0 aliphatic heterocycles. The lowest BCUT2D eigenvalue weighted by Crippen LogP contribution is -2.12. The maximum Gasteiger partial charge on any atom is 0.0403 e.